The number of para-hydroxylation sites is 1. The third-order valence-corrected chi connectivity index (χ3v) is 6.01. The highest BCUT2D eigenvalue weighted by Crippen LogP contribution is 2.33. The molecule has 3 nitrogen and oxygen atoms in total. The van der Waals surface area contributed by atoms with Crippen molar-refractivity contribution < 1.29 is 4.79 Å². The van der Waals surface area contributed by atoms with Crippen LogP contribution in [0.15, 0.2) is 53.4 Å². The first kappa shape index (κ1) is 17.3. The molecule has 1 N–H and O–H groups in total. The van der Waals surface area contributed by atoms with E-state index in [0.29, 0.717) is 15.8 Å². The summed E-state index contributed by atoms with van der Waals surface area (Å²) >= 11 is 12.8. The van der Waals surface area contributed by atoms with Crippen LogP contribution in [-0.4, -0.2) is 14.8 Å². The molecule has 130 valence electrons. The molecule has 1 aliphatic rings. The maximum Gasteiger partial charge on any atom is 0.263 e. The average molecular weight is 399 g/mol. The van der Waals surface area contributed by atoms with Crippen molar-refractivity contribution in [2.24, 2.45) is 0 Å². The predicted molar refractivity (Wildman–Crippen MR) is 114 cm³/mol. The van der Waals surface area contributed by atoms with Gasteiger partial charge in [-0.25, -0.2) is 0 Å². The van der Waals surface area contributed by atoms with E-state index in [2.05, 4.69) is 28.9 Å². The molecule has 1 fully saturated rings. The van der Waals surface area contributed by atoms with Crippen molar-refractivity contribution in [2.45, 2.75) is 13.5 Å². The Labute approximate surface area is 166 Å². The van der Waals surface area contributed by atoms with Crippen LogP contribution >= 0.6 is 35.6 Å². The Hall–Kier alpha value is -2.08. The molecule has 1 amide bonds. The largest absolute Gasteiger partial charge is 0.340 e. The molecule has 0 spiro atoms. The van der Waals surface area contributed by atoms with E-state index >= 15 is 0 Å². The highest BCUT2D eigenvalue weighted by molar-refractivity contribution is 8.26. The summed E-state index contributed by atoms with van der Waals surface area (Å²) in [6.45, 7) is 2.74. The third kappa shape index (κ3) is 3.07. The standard InChI is InChI=1S/C20H15ClN2OS2/c1-12-15(10-18-19(24)22-20(25)26-18)14-7-3-5-9-17(14)23(12)11-13-6-2-4-8-16(13)21/h2-10H,11H2,1H3,(H,22,24,25)/b18-10+. The lowest BCUT2D eigenvalue weighted by Crippen LogP contribution is -2.17. The van der Waals surface area contributed by atoms with Gasteiger partial charge in [0.25, 0.3) is 5.91 Å². The summed E-state index contributed by atoms with van der Waals surface area (Å²) in [6.07, 6.45) is 1.93. The van der Waals surface area contributed by atoms with Gasteiger partial charge in [0.15, 0.2) is 0 Å². The molecular weight excluding hydrogens is 384 g/mol. The molecule has 4 rings (SSSR count). The van der Waals surface area contributed by atoms with Crippen LogP contribution in [0.25, 0.3) is 17.0 Å². The van der Waals surface area contributed by atoms with Crippen LogP contribution in [0.2, 0.25) is 5.02 Å². The number of hydrogen-bond donors (Lipinski definition) is 1. The molecule has 26 heavy (non-hydrogen) atoms. The number of halogens is 1. The Kier molecular flexibility index (Phi) is 4.61. The average Bonchev–Trinajstić information content (AvgIpc) is 3.08. The van der Waals surface area contributed by atoms with Gasteiger partial charge in [-0.2, -0.15) is 0 Å². The zero-order valence-corrected chi connectivity index (χ0v) is 16.3. The SMILES string of the molecule is Cc1c(/C=C2/SC(=S)NC2=O)c2ccccc2n1Cc1ccccc1Cl. The van der Waals surface area contributed by atoms with Gasteiger partial charge in [0, 0.05) is 33.7 Å². The molecular formula is C20H15ClN2OS2. The molecule has 1 aromatic heterocycles. The van der Waals surface area contributed by atoms with Gasteiger partial charge >= 0.3 is 0 Å². The number of rotatable bonds is 3. The van der Waals surface area contributed by atoms with Gasteiger partial charge in [-0.15, -0.1) is 0 Å². The van der Waals surface area contributed by atoms with E-state index in [1.807, 2.05) is 42.5 Å². The lowest BCUT2D eigenvalue weighted by Gasteiger charge is -2.10. The number of amides is 1. The maximum atomic E-state index is 12.1. The number of carbonyl (C=O) groups excluding carboxylic acids is 1. The van der Waals surface area contributed by atoms with Crippen molar-refractivity contribution in [1.82, 2.24) is 9.88 Å². The molecule has 0 radical (unpaired) electrons. The smallest absolute Gasteiger partial charge is 0.263 e. The minimum absolute atomic E-state index is 0.137. The highest BCUT2D eigenvalue weighted by atomic mass is 35.5. The second kappa shape index (κ2) is 6.91. The van der Waals surface area contributed by atoms with Crippen molar-refractivity contribution >= 4 is 62.8 Å². The van der Waals surface area contributed by atoms with Crippen molar-refractivity contribution in [1.29, 1.82) is 0 Å². The number of carbonyl (C=O) groups is 1. The first-order valence-corrected chi connectivity index (χ1v) is 9.71. The molecule has 3 aromatic rings. The number of fused-ring (bicyclic) bond motifs is 1. The van der Waals surface area contributed by atoms with E-state index in [0.717, 1.165) is 32.7 Å². The molecule has 0 saturated carbocycles. The zero-order chi connectivity index (χ0) is 18.3. The van der Waals surface area contributed by atoms with E-state index in [9.17, 15) is 4.79 Å². The van der Waals surface area contributed by atoms with Crippen LogP contribution in [0.3, 0.4) is 0 Å². The summed E-state index contributed by atoms with van der Waals surface area (Å²) < 4.78 is 2.73. The molecule has 0 bridgehead atoms. The van der Waals surface area contributed by atoms with E-state index in [1.54, 1.807) is 0 Å². The van der Waals surface area contributed by atoms with Crippen molar-refractivity contribution in [3.63, 3.8) is 0 Å². The predicted octanol–water partition coefficient (Wildman–Crippen LogP) is 5.14. The van der Waals surface area contributed by atoms with Gasteiger partial charge in [-0.3, -0.25) is 4.79 Å². The summed E-state index contributed by atoms with van der Waals surface area (Å²) in [6, 6.07) is 16.1. The number of aromatic nitrogens is 1. The number of thioether (sulfide) groups is 1. The summed E-state index contributed by atoms with van der Waals surface area (Å²) in [7, 11) is 0. The lowest BCUT2D eigenvalue weighted by atomic mass is 10.1. The highest BCUT2D eigenvalue weighted by Gasteiger charge is 2.23. The number of hydrogen-bond acceptors (Lipinski definition) is 3. The van der Waals surface area contributed by atoms with Crippen molar-refractivity contribution in [3.8, 4) is 0 Å². The number of thiocarbonyl (C=S) groups is 1. The number of nitrogens with zero attached hydrogens (tertiary/aromatic N) is 1. The minimum Gasteiger partial charge on any atom is -0.340 e. The summed E-state index contributed by atoms with van der Waals surface area (Å²) in [5.74, 6) is -0.137. The zero-order valence-electron chi connectivity index (χ0n) is 14.0. The van der Waals surface area contributed by atoms with Gasteiger partial charge in [0.1, 0.15) is 4.32 Å². The van der Waals surface area contributed by atoms with Crippen molar-refractivity contribution in [2.75, 3.05) is 0 Å². The Balaban J connectivity index is 1.87. The molecule has 1 saturated heterocycles. The summed E-state index contributed by atoms with van der Waals surface area (Å²) in [5, 5.41) is 4.53. The Morgan fingerprint density at radius 2 is 1.92 bits per heavy atom. The Bertz CT molecular complexity index is 1080. The van der Waals surface area contributed by atoms with Crippen molar-refractivity contribution in [3.05, 3.63) is 75.3 Å². The van der Waals surface area contributed by atoms with Crippen LogP contribution in [0, 0.1) is 6.92 Å². The quantitative estimate of drug-likeness (QED) is 0.490. The van der Waals surface area contributed by atoms with E-state index in [-0.39, 0.29) is 5.91 Å². The monoisotopic (exact) mass is 398 g/mol. The number of nitrogens with one attached hydrogen (secondary N) is 1. The molecule has 1 aliphatic heterocycles. The molecule has 0 aliphatic carbocycles. The summed E-state index contributed by atoms with van der Waals surface area (Å²) in [5.41, 5.74) is 4.30. The number of benzene rings is 2. The van der Waals surface area contributed by atoms with Crippen LogP contribution in [0.5, 0.6) is 0 Å². The van der Waals surface area contributed by atoms with Gasteiger partial charge < -0.3 is 9.88 Å². The Morgan fingerprint density at radius 3 is 2.65 bits per heavy atom. The first-order chi connectivity index (χ1) is 12.5. The molecule has 0 unspecified atom stereocenters. The van der Waals surface area contributed by atoms with Gasteiger partial charge in [-0.05, 0) is 30.7 Å². The van der Waals surface area contributed by atoms with E-state index in [4.69, 9.17) is 23.8 Å². The van der Waals surface area contributed by atoms with Crippen LogP contribution in [0.1, 0.15) is 16.8 Å². The van der Waals surface area contributed by atoms with Gasteiger partial charge in [0.2, 0.25) is 0 Å². The van der Waals surface area contributed by atoms with E-state index in [1.165, 1.54) is 11.8 Å². The maximum absolute atomic E-state index is 12.1. The second-order valence-electron chi connectivity index (χ2n) is 6.05. The lowest BCUT2D eigenvalue weighted by molar-refractivity contribution is -0.115. The third-order valence-electron chi connectivity index (χ3n) is 4.48. The first-order valence-electron chi connectivity index (χ1n) is 8.10. The van der Waals surface area contributed by atoms with Gasteiger partial charge in [0.05, 0.1) is 4.91 Å². The molecule has 2 aromatic carbocycles. The van der Waals surface area contributed by atoms with Gasteiger partial charge in [-0.1, -0.05) is 72.0 Å². The fourth-order valence-corrected chi connectivity index (χ4v) is 4.41. The Morgan fingerprint density at radius 1 is 1.19 bits per heavy atom. The molecule has 6 heteroatoms. The van der Waals surface area contributed by atoms with Crippen LogP contribution < -0.4 is 5.32 Å². The summed E-state index contributed by atoms with van der Waals surface area (Å²) in [4.78, 5) is 12.7. The topological polar surface area (TPSA) is 34.0 Å². The van der Waals surface area contributed by atoms with Crippen LogP contribution in [0.4, 0.5) is 0 Å². The fourth-order valence-electron chi connectivity index (χ4n) is 3.19. The van der Waals surface area contributed by atoms with E-state index < -0.39 is 0 Å². The molecule has 0 atom stereocenters. The second-order valence-corrected chi connectivity index (χ2v) is 8.17. The molecule has 2 heterocycles. The minimum atomic E-state index is -0.137. The normalized spacial score (nSPS) is 15.8. The van der Waals surface area contributed by atoms with Crippen LogP contribution in [-0.2, 0) is 11.3 Å². The fraction of sp³-hybridized carbons (Fsp3) is 0.100.